The highest BCUT2D eigenvalue weighted by Gasteiger charge is 2.37. The van der Waals surface area contributed by atoms with E-state index in [1.807, 2.05) is 0 Å². The molecule has 2 fully saturated rings. The van der Waals surface area contributed by atoms with Crippen molar-refractivity contribution >= 4 is 28.2 Å². The number of likely N-dealkylation sites (N-methyl/N-ethyl adjacent to an activating group) is 1. The molecule has 0 radical (unpaired) electrons. The van der Waals surface area contributed by atoms with Crippen LogP contribution in [0, 0.1) is 6.57 Å². The largest absolute Gasteiger partial charge is 0.461 e. The van der Waals surface area contributed by atoms with Crippen molar-refractivity contribution in [1.82, 2.24) is 19.8 Å². The molecule has 2 atom stereocenters. The van der Waals surface area contributed by atoms with Gasteiger partial charge in [0.25, 0.3) is 0 Å². The van der Waals surface area contributed by atoms with Crippen LogP contribution in [-0.4, -0.2) is 90.2 Å². The van der Waals surface area contributed by atoms with Gasteiger partial charge in [0, 0.05) is 42.8 Å². The molecular formula is C33H39N7O2. The number of carbonyl (C=O) groups is 1. The van der Waals surface area contributed by atoms with E-state index >= 15 is 0 Å². The number of carbonyl (C=O) groups excluding carboxylic acids is 1. The van der Waals surface area contributed by atoms with Crippen molar-refractivity contribution in [2.45, 2.75) is 44.3 Å². The number of hydrogen-bond donors (Lipinski definition) is 0. The van der Waals surface area contributed by atoms with Gasteiger partial charge in [0.05, 0.1) is 17.8 Å². The van der Waals surface area contributed by atoms with E-state index in [1.54, 1.807) is 4.90 Å². The number of fused-ring (bicyclic) bond motifs is 2. The van der Waals surface area contributed by atoms with Gasteiger partial charge in [-0.3, -0.25) is 9.69 Å². The third kappa shape index (κ3) is 5.27. The van der Waals surface area contributed by atoms with Gasteiger partial charge >= 0.3 is 6.01 Å². The van der Waals surface area contributed by atoms with Crippen LogP contribution in [0.2, 0.25) is 0 Å². The van der Waals surface area contributed by atoms with Crippen molar-refractivity contribution in [2.24, 2.45) is 0 Å². The van der Waals surface area contributed by atoms with Crippen LogP contribution in [0.15, 0.2) is 55.1 Å². The summed E-state index contributed by atoms with van der Waals surface area (Å²) in [5.41, 5.74) is 3.26. The van der Waals surface area contributed by atoms with E-state index in [0.717, 1.165) is 49.4 Å². The Bertz CT molecular complexity index is 1530. The van der Waals surface area contributed by atoms with E-state index in [2.05, 4.69) is 82.6 Å². The summed E-state index contributed by atoms with van der Waals surface area (Å²) in [5, 5.41) is 2.45. The van der Waals surface area contributed by atoms with Gasteiger partial charge in [-0.2, -0.15) is 9.97 Å². The minimum absolute atomic E-state index is 0.0498. The Hall–Kier alpha value is -4.16. The molecule has 1 aromatic heterocycles. The zero-order chi connectivity index (χ0) is 29.3. The number of piperazine rings is 1. The minimum Gasteiger partial charge on any atom is -0.461 e. The zero-order valence-electron chi connectivity index (χ0n) is 24.6. The molecule has 6 rings (SSSR count). The van der Waals surface area contributed by atoms with E-state index in [0.29, 0.717) is 38.8 Å². The van der Waals surface area contributed by atoms with Crippen molar-refractivity contribution < 1.29 is 9.53 Å². The lowest BCUT2D eigenvalue weighted by Crippen LogP contribution is -2.56. The lowest BCUT2D eigenvalue weighted by atomic mass is 10.0. The molecule has 0 N–H and O–H groups in total. The molecule has 3 aliphatic heterocycles. The van der Waals surface area contributed by atoms with Gasteiger partial charge in [0.2, 0.25) is 12.5 Å². The highest BCUT2D eigenvalue weighted by molar-refractivity contribution is 5.94. The van der Waals surface area contributed by atoms with Crippen LogP contribution in [0.5, 0.6) is 6.01 Å². The number of hydrogen-bond acceptors (Lipinski definition) is 7. The fraction of sp³-hybridized carbons (Fsp3) is 0.455. The van der Waals surface area contributed by atoms with Gasteiger partial charge in [0.1, 0.15) is 18.5 Å². The normalized spacial score (nSPS) is 22.6. The zero-order valence-corrected chi connectivity index (χ0v) is 24.6. The number of likely N-dealkylation sites (tertiary alicyclic amines) is 1. The molecule has 0 saturated carbocycles. The Morgan fingerprint density at radius 1 is 1.14 bits per heavy atom. The van der Waals surface area contributed by atoms with Crippen molar-refractivity contribution in [3.8, 4) is 6.01 Å². The summed E-state index contributed by atoms with van der Waals surface area (Å²) in [6.45, 7) is 18.4. The van der Waals surface area contributed by atoms with Gasteiger partial charge < -0.3 is 24.3 Å². The number of anilines is 2. The molecule has 9 heteroatoms. The predicted molar refractivity (Wildman–Crippen MR) is 166 cm³/mol. The molecule has 42 heavy (non-hydrogen) atoms. The second-order valence-corrected chi connectivity index (χ2v) is 11.9. The standard InChI is InChI=1S/C33H39N7O2/c1-5-30(41)40-19-18-39(21-25(40)20-34-3)31-27-14-17-38(29-13-8-11-24-10-6-7-12-26(24)29)22-28(27)35-32(36-31)42-23-33(2)15-9-16-37(33)4/h5-8,10-13,25H,1,9,14-23H2,2,4H3/t25-,33-/m0/s1. The minimum atomic E-state index is -0.224. The molecule has 1 amide bonds. The predicted octanol–water partition coefficient (Wildman–Crippen LogP) is 4.18. The molecule has 0 bridgehead atoms. The Morgan fingerprint density at radius 2 is 1.98 bits per heavy atom. The average molecular weight is 566 g/mol. The summed E-state index contributed by atoms with van der Waals surface area (Å²) in [6.07, 6.45) is 4.37. The molecule has 0 unspecified atom stereocenters. The second kappa shape index (κ2) is 11.6. The van der Waals surface area contributed by atoms with E-state index < -0.39 is 0 Å². The van der Waals surface area contributed by atoms with Crippen LogP contribution in [0.3, 0.4) is 0 Å². The van der Waals surface area contributed by atoms with Crippen LogP contribution in [0.1, 0.15) is 31.0 Å². The fourth-order valence-electron chi connectivity index (χ4n) is 6.68. The number of nitrogens with zero attached hydrogens (tertiary/aromatic N) is 7. The van der Waals surface area contributed by atoms with Gasteiger partial charge in [0.15, 0.2) is 0 Å². The average Bonchev–Trinajstić information content (AvgIpc) is 3.36. The third-order valence-corrected chi connectivity index (χ3v) is 9.31. The van der Waals surface area contributed by atoms with Crippen molar-refractivity contribution in [2.75, 3.05) is 62.7 Å². The first kappa shape index (κ1) is 28.0. The number of benzene rings is 2. The van der Waals surface area contributed by atoms with Crippen LogP contribution in [-0.2, 0) is 17.8 Å². The molecule has 3 aliphatic rings. The molecular weight excluding hydrogens is 526 g/mol. The quantitative estimate of drug-likeness (QED) is 0.315. The maximum absolute atomic E-state index is 12.5. The Balaban J connectivity index is 1.34. The summed E-state index contributed by atoms with van der Waals surface area (Å²) in [7, 11) is 2.15. The summed E-state index contributed by atoms with van der Waals surface area (Å²) in [5.74, 6) is 0.745. The maximum atomic E-state index is 12.5. The van der Waals surface area contributed by atoms with Gasteiger partial charge in [-0.25, -0.2) is 6.57 Å². The van der Waals surface area contributed by atoms with E-state index in [-0.39, 0.29) is 24.0 Å². The van der Waals surface area contributed by atoms with Crippen LogP contribution < -0.4 is 14.5 Å². The van der Waals surface area contributed by atoms with Crippen molar-refractivity contribution in [1.29, 1.82) is 0 Å². The Kier molecular flexibility index (Phi) is 7.74. The first-order chi connectivity index (χ1) is 20.4. The SMILES string of the molecule is [C-]#[N+]C[C@H]1CN(c2nc(OC[C@]3(C)CCCN3C)nc3c2CCN(c2cccc4ccccc24)C3)CCN1C(=O)C=C. The second-order valence-electron chi connectivity index (χ2n) is 11.9. The number of amides is 1. The molecule has 9 nitrogen and oxygen atoms in total. The molecule has 218 valence electrons. The van der Waals surface area contributed by atoms with Crippen LogP contribution in [0.4, 0.5) is 11.5 Å². The first-order valence-electron chi connectivity index (χ1n) is 14.9. The van der Waals surface area contributed by atoms with Gasteiger partial charge in [-0.1, -0.05) is 43.0 Å². The molecule has 0 spiro atoms. The monoisotopic (exact) mass is 565 g/mol. The molecule has 4 heterocycles. The molecule has 2 aromatic carbocycles. The van der Waals surface area contributed by atoms with Gasteiger partial charge in [-0.15, -0.1) is 0 Å². The smallest absolute Gasteiger partial charge is 0.318 e. The van der Waals surface area contributed by atoms with Crippen LogP contribution >= 0.6 is 0 Å². The van der Waals surface area contributed by atoms with Crippen LogP contribution in [0.25, 0.3) is 15.6 Å². The first-order valence-corrected chi connectivity index (χ1v) is 14.9. The lowest BCUT2D eigenvalue weighted by Gasteiger charge is -2.41. The number of rotatable bonds is 7. The third-order valence-electron chi connectivity index (χ3n) is 9.31. The molecule has 2 saturated heterocycles. The summed E-state index contributed by atoms with van der Waals surface area (Å²) in [4.78, 5) is 35.0. The Morgan fingerprint density at radius 3 is 2.76 bits per heavy atom. The number of ether oxygens (including phenoxy) is 1. The van der Waals surface area contributed by atoms with Crippen molar-refractivity contribution in [3.63, 3.8) is 0 Å². The lowest BCUT2D eigenvalue weighted by molar-refractivity contribution is -0.128. The highest BCUT2D eigenvalue weighted by Crippen LogP contribution is 2.35. The fourth-order valence-corrected chi connectivity index (χ4v) is 6.68. The Labute approximate surface area is 248 Å². The van der Waals surface area contributed by atoms with E-state index in [4.69, 9.17) is 21.3 Å². The summed E-state index contributed by atoms with van der Waals surface area (Å²) < 4.78 is 6.39. The van der Waals surface area contributed by atoms with Crippen molar-refractivity contribution in [3.05, 3.63) is 77.8 Å². The summed E-state index contributed by atoms with van der Waals surface area (Å²) >= 11 is 0. The highest BCUT2D eigenvalue weighted by atomic mass is 16.5. The maximum Gasteiger partial charge on any atom is 0.318 e. The van der Waals surface area contributed by atoms with E-state index in [9.17, 15) is 4.79 Å². The molecule has 0 aliphatic carbocycles. The topological polar surface area (TPSA) is 69.4 Å². The van der Waals surface area contributed by atoms with Gasteiger partial charge in [-0.05, 0) is 57.3 Å². The summed E-state index contributed by atoms with van der Waals surface area (Å²) in [6, 6.07) is 15.1. The molecule has 3 aromatic rings. The van der Waals surface area contributed by atoms with E-state index in [1.165, 1.54) is 22.5 Å². The number of aromatic nitrogens is 2.